The molecule has 1 amide bonds. The number of methoxy groups -OCH3 is 1. The van der Waals surface area contributed by atoms with Crippen LogP contribution in [0.5, 0.6) is 5.75 Å². The lowest BCUT2D eigenvalue weighted by Crippen LogP contribution is -2.21. The monoisotopic (exact) mass is 363 g/mol. The quantitative estimate of drug-likeness (QED) is 0.693. The number of amides is 1. The normalized spacial score (nSPS) is 10.7. The molecular formula is C22H25N3O2. The molecule has 0 fully saturated rings. The molecule has 0 atom stereocenters. The first kappa shape index (κ1) is 18.7. The van der Waals surface area contributed by atoms with Gasteiger partial charge in [-0.1, -0.05) is 0 Å². The van der Waals surface area contributed by atoms with Gasteiger partial charge in [-0.3, -0.25) is 9.78 Å². The number of rotatable bonds is 6. The van der Waals surface area contributed by atoms with E-state index in [1.807, 2.05) is 55.5 Å². The highest BCUT2D eigenvalue weighted by Crippen LogP contribution is 2.23. The molecule has 0 spiro atoms. The second-order valence-electron chi connectivity index (χ2n) is 6.35. The van der Waals surface area contributed by atoms with Gasteiger partial charge in [0.25, 0.3) is 5.91 Å². The first-order valence-electron chi connectivity index (χ1n) is 9.17. The predicted molar refractivity (Wildman–Crippen MR) is 111 cm³/mol. The van der Waals surface area contributed by atoms with Crippen LogP contribution in [0, 0.1) is 6.92 Å². The Morgan fingerprint density at radius 2 is 1.78 bits per heavy atom. The molecule has 0 saturated carbocycles. The van der Waals surface area contributed by atoms with Gasteiger partial charge in [0.05, 0.1) is 23.9 Å². The van der Waals surface area contributed by atoms with Crippen molar-refractivity contribution in [1.82, 2.24) is 4.98 Å². The fraction of sp³-hybridized carbons (Fsp3) is 0.273. The van der Waals surface area contributed by atoms with Gasteiger partial charge in [-0.25, -0.2) is 0 Å². The molecule has 0 aliphatic heterocycles. The van der Waals surface area contributed by atoms with Crippen LogP contribution in [0.1, 0.15) is 29.9 Å². The third-order valence-corrected chi connectivity index (χ3v) is 4.71. The van der Waals surface area contributed by atoms with E-state index in [4.69, 9.17) is 4.74 Å². The van der Waals surface area contributed by atoms with E-state index >= 15 is 0 Å². The molecule has 0 bridgehead atoms. The summed E-state index contributed by atoms with van der Waals surface area (Å²) in [5.41, 5.74) is 3.99. The topological polar surface area (TPSA) is 54.5 Å². The van der Waals surface area contributed by atoms with Gasteiger partial charge in [-0.2, -0.15) is 0 Å². The lowest BCUT2D eigenvalue weighted by atomic mass is 10.1. The second-order valence-corrected chi connectivity index (χ2v) is 6.35. The molecule has 0 unspecified atom stereocenters. The summed E-state index contributed by atoms with van der Waals surface area (Å²) >= 11 is 0. The van der Waals surface area contributed by atoms with Crippen LogP contribution >= 0.6 is 0 Å². The van der Waals surface area contributed by atoms with E-state index in [0.717, 1.165) is 41.1 Å². The number of nitrogens with zero attached hydrogens (tertiary/aromatic N) is 2. The highest BCUT2D eigenvalue weighted by atomic mass is 16.5. The van der Waals surface area contributed by atoms with Crippen molar-refractivity contribution in [3.05, 3.63) is 59.8 Å². The van der Waals surface area contributed by atoms with E-state index in [1.54, 1.807) is 7.11 Å². The Balaban J connectivity index is 1.82. The Bertz CT molecular complexity index is 948. The van der Waals surface area contributed by atoms with E-state index < -0.39 is 0 Å². The van der Waals surface area contributed by atoms with Crippen molar-refractivity contribution < 1.29 is 9.53 Å². The van der Waals surface area contributed by atoms with E-state index in [9.17, 15) is 4.79 Å². The molecule has 2 aromatic carbocycles. The fourth-order valence-electron chi connectivity index (χ4n) is 3.14. The van der Waals surface area contributed by atoms with Crippen molar-refractivity contribution in [3.8, 4) is 5.75 Å². The Labute approximate surface area is 160 Å². The van der Waals surface area contributed by atoms with Crippen molar-refractivity contribution in [2.45, 2.75) is 20.8 Å². The van der Waals surface area contributed by atoms with E-state index in [1.165, 1.54) is 0 Å². The van der Waals surface area contributed by atoms with Crippen LogP contribution in [0.4, 0.5) is 11.4 Å². The lowest BCUT2D eigenvalue weighted by Gasteiger charge is -2.21. The third-order valence-electron chi connectivity index (χ3n) is 4.71. The van der Waals surface area contributed by atoms with Gasteiger partial charge in [0, 0.05) is 35.9 Å². The number of ether oxygens (including phenoxy) is 1. The van der Waals surface area contributed by atoms with Gasteiger partial charge in [0.15, 0.2) is 0 Å². The zero-order valence-corrected chi connectivity index (χ0v) is 16.2. The highest BCUT2D eigenvalue weighted by molar-refractivity contribution is 6.06. The van der Waals surface area contributed by atoms with E-state index in [2.05, 4.69) is 29.0 Å². The van der Waals surface area contributed by atoms with Crippen molar-refractivity contribution in [3.63, 3.8) is 0 Å². The SMILES string of the molecule is CCN(CC)c1ccc(NC(=O)c2cc3ccc(OC)cc3nc2C)cc1. The van der Waals surface area contributed by atoms with Crippen molar-refractivity contribution >= 4 is 28.2 Å². The first-order chi connectivity index (χ1) is 13.0. The number of nitrogens with one attached hydrogen (secondary N) is 1. The van der Waals surface area contributed by atoms with Crippen molar-refractivity contribution in [1.29, 1.82) is 0 Å². The van der Waals surface area contributed by atoms with Crippen LogP contribution in [0.2, 0.25) is 0 Å². The molecule has 0 aliphatic rings. The van der Waals surface area contributed by atoms with Crippen LogP contribution < -0.4 is 15.0 Å². The summed E-state index contributed by atoms with van der Waals surface area (Å²) in [5, 5.41) is 3.87. The molecule has 5 heteroatoms. The summed E-state index contributed by atoms with van der Waals surface area (Å²) in [6, 6.07) is 15.4. The number of benzene rings is 2. The second kappa shape index (κ2) is 8.08. The van der Waals surface area contributed by atoms with Gasteiger partial charge in [0.1, 0.15) is 5.75 Å². The van der Waals surface area contributed by atoms with Gasteiger partial charge >= 0.3 is 0 Å². The fourth-order valence-corrected chi connectivity index (χ4v) is 3.14. The molecule has 0 saturated heterocycles. The number of anilines is 2. The lowest BCUT2D eigenvalue weighted by molar-refractivity contribution is 0.102. The summed E-state index contributed by atoms with van der Waals surface area (Å²) in [6.07, 6.45) is 0. The zero-order valence-electron chi connectivity index (χ0n) is 16.2. The summed E-state index contributed by atoms with van der Waals surface area (Å²) in [5.74, 6) is 0.591. The number of carbonyl (C=O) groups excluding carboxylic acids is 1. The Morgan fingerprint density at radius 1 is 1.07 bits per heavy atom. The maximum Gasteiger partial charge on any atom is 0.257 e. The minimum Gasteiger partial charge on any atom is -0.497 e. The van der Waals surface area contributed by atoms with Crippen LogP contribution in [0.15, 0.2) is 48.5 Å². The third kappa shape index (κ3) is 4.03. The molecule has 27 heavy (non-hydrogen) atoms. The molecular weight excluding hydrogens is 338 g/mol. The van der Waals surface area contributed by atoms with Crippen LogP contribution in [0.3, 0.4) is 0 Å². The number of aryl methyl sites for hydroxylation is 1. The Kier molecular flexibility index (Phi) is 5.60. The van der Waals surface area contributed by atoms with Crippen LogP contribution in [-0.4, -0.2) is 31.1 Å². The van der Waals surface area contributed by atoms with Gasteiger partial charge in [-0.05, 0) is 63.2 Å². The summed E-state index contributed by atoms with van der Waals surface area (Å²) < 4.78 is 5.24. The van der Waals surface area contributed by atoms with E-state index in [0.29, 0.717) is 11.3 Å². The smallest absolute Gasteiger partial charge is 0.257 e. The average molecular weight is 363 g/mol. The molecule has 1 N–H and O–H groups in total. The molecule has 3 rings (SSSR count). The minimum atomic E-state index is -0.159. The van der Waals surface area contributed by atoms with Gasteiger partial charge in [0.2, 0.25) is 0 Å². The van der Waals surface area contributed by atoms with Gasteiger partial charge in [-0.15, -0.1) is 0 Å². The number of aromatic nitrogens is 1. The maximum atomic E-state index is 12.7. The molecule has 0 radical (unpaired) electrons. The van der Waals surface area contributed by atoms with Crippen molar-refractivity contribution in [2.75, 3.05) is 30.4 Å². The predicted octanol–water partition coefficient (Wildman–Crippen LogP) is 4.65. The first-order valence-corrected chi connectivity index (χ1v) is 9.17. The summed E-state index contributed by atoms with van der Waals surface area (Å²) in [7, 11) is 1.63. The Morgan fingerprint density at radius 3 is 2.41 bits per heavy atom. The zero-order chi connectivity index (χ0) is 19.4. The van der Waals surface area contributed by atoms with Crippen LogP contribution in [-0.2, 0) is 0 Å². The number of pyridine rings is 1. The molecule has 3 aromatic rings. The molecule has 1 heterocycles. The molecule has 0 aliphatic carbocycles. The van der Waals surface area contributed by atoms with Crippen molar-refractivity contribution in [2.24, 2.45) is 0 Å². The van der Waals surface area contributed by atoms with Gasteiger partial charge < -0.3 is 15.0 Å². The maximum absolute atomic E-state index is 12.7. The van der Waals surface area contributed by atoms with Crippen LogP contribution in [0.25, 0.3) is 10.9 Å². The number of carbonyl (C=O) groups is 1. The standard InChI is InChI=1S/C22H25N3O2/c1-5-25(6-2)18-10-8-17(9-11-18)24-22(26)20-13-16-7-12-19(27-4)14-21(16)23-15(20)3/h7-14H,5-6H2,1-4H3,(H,24,26). The number of fused-ring (bicyclic) bond motifs is 1. The minimum absolute atomic E-state index is 0.159. The largest absolute Gasteiger partial charge is 0.497 e. The molecule has 1 aromatic heterocycles. The van der Waals surface area contributed by atoms with E-state index in [-0.39, 0.29) is 5.91 Å². The highest BCUT2D eigenvalue weighted by Gasteiger charge is 2.13. The molecule has 140 valence electrons. The summed E-state index contributed by atoms with van der Waals surface area (Å²) in [4.78, 5) is 19.6. The average Bonchev–Trinajstić information content (AvgIpc) is 2.69. The number of hydrogen-bond acceptors (Lipinski definition) is 4. The number of hydrogen-bond donors (Lipinski definition) is 1. The summed E-state index contributed by atoms with van der Waals surface area (Å²) in [6.45, 7) is 8.01. The molecule has 5 nitrogen and oxygen atoms in total. The Hall–Kier alpha value is -3.08.